The zero-order chi connectivity index (χ0) is 13.1. The first kappa shape index (κ1) is 12.8. The highest BCUT2D eigenvalue weighted by molar-refractivity contribution is 5.26. The Balaban J connectivity index is 1.92. The van der Waals surface area contributed by atoms with Gasteiger partial charge in [0.05, 0.1) is 11.4 Å². The van der Waals surface area contributed by atoms with E-state index in [2.05, 4.69) is 46.8 Å². The molecule has 0 saturated carbocycles. The van der Waals surface area contributed by atoms with Crippen molar-refractivity contribution in [3.05, 3.63) is 46.8 Å². The molecule has 0 atom stereocenters. The van der Waals surface area contributed by atoms with Gasteiger partial charge in [-0.2, -0.15) is 0 Å². The molecule has 96 valence electrons. The summed E-state index contributed by atoms with van der Waals surface area (Å²) in [6.45, 7) is 7.84. The minimum Gasteiger partial charge on any atom is -0.352 e. The second-order valence-corrected chi connectivity index (χ2v) is 4.71. The van der Waals surface area contributed by atoms with Crippen molar-refractivity contribution < 1.29 is 0 Å². The van der Waals surface area contributed by atoms with Gasteiger partial charge in [0.25, 0.3) is 0 Å². The molecule has 0 spiro atoms. The van der Waals surface area contributed by atoms with Gasteiger partial charge >= 0.3 is 0 Å². The first-order valence-corrected chi connectivity index (χ1v) is 6.18. The third-order valence-corrected chi connectivity index (χ3v) is 3.34. The van der Waals surface area contributed by atoms with Gasteiger partial charge in [-0.15, -0.1) is 0 Å². The Bertz CT molecular complexity index is 525. The number of aromatic nitrogens is 3. The standard InChI is InChI=1S/C14H20N4/c1-10-6-17-14(9-16-10)8-15-7-13-5-11(2)18(4)12(13)3/h5-6,9,15H,7-8H2,1-4H3. The van der Waals surface area contributed by atoms with E-state index in [-0.39, 0.29) is 0 Å². The van der Waals surface area contributed by atoms with Crippen molar-refractivity contribution in [1.29, 1.82) is 0 Å². The third kappa shape index (κ3) is 2.76. The van der Waals surface area contributed by atoms with Gasteiger partial charge in [0, 0.05) is 43.9 Å². The van der Waals surface area contributed by atoms with Crippen molar-refractivity contribution in [1.82, 2.24) is 19.9 Å². The number of nitrogens with one attached hydrogen (secondary N) is 1. The summed E-state index contributed by atoms with van der Waals surface area (Å²) in [5, 5.41) is 3.40. The quantitative estimate of drug-likeness (QED) is 0.895. The number of hydrogen-bond donors (Lipinski definition) is 1. The van der Waals surface area contributed by atoms with E-state index in [9.17, 15) is 0 Å². The minimum atomic E-state index is 0.751. The molecule has 2 rings (SSSR count). The topological polar surface area (TPSA) is 42.7 Å². The molecule has 2 heterocycles. The maximum absolute atomic E-state index is 4.32. The Morgan fingerprint density at radius 3 is 2.44 bits per heavy atom. The zero-order valence-electron chi connectivity index (χ0n) is 11.5. The summed E-state index contributed by atoms with van der Waals surface area (Å²) in [5.41, 5.74) is 5.88. The van der Waals surface area contributed by atoms with Crippen LogP contribution in [0.4, 0.5) is 0 Å². The predicted octanol–water partition coefficient (Wildman–Crippen LogP) is 2.03. The Morgan fingerprint density at radius 2 is 1.89 bits per heavy atom. The average molecular weight is 244 g/mol. The molecule has 0 aromatic carbocycles. The van der Waals surface area contributed by atoms with E-state index in [0.29, 0.717) is 0 Å². The van der Waals surface area contributed by atoms with E-state index in [1.807, 2.05) is 13.1 Å². The lowest BCUT2D eigenvalue weighted by atomic mass is 10.2. The average Bonchev–Trinajstić information content (AvgIpc) is 2.60. The fourth-order valence-electron chi connectivity index (χ4n) is 1.95. The molecule has 18 heavy (non-hydrogen) atoms. The van der Waals surface area contributed by atoms with Crippen LogP contribution in [-0.4, -0.2) is 14.5 Å². The SMILES string of the molecule is Cc1cnc(CNCc2cc(C)n(C)c2C)cn1. The van der Waals surface area contributed by atoms with E-state index in [1.165, 1.54) is 17.0 Å². The fourth-order valence-corrected chi connectivity index (χ4v) is 1.95. The number of hydrogen-bond acceptors (Lipinski definition) is 3. The van der Waals surface area contributed by atoms with Gasteiger partial charge in [0.15, 0.2) is 0 Å². The van der Waals surface area contributed by atoms with Crippen LogP contribution in [0.25, 0.3) is 0 Å². The Kier molecular flexibility index (Phi) is 3.77. The Hall–Kier alpha value is -1.68. The van der Waals surface area contributed by atoms with Crippen molar-refractivity contribution in [2.24, 2.45) is 7.05 Å². The molecule has 4 nitrogen and oxygen atoms in total. The zero-order valence-corrected chi connectivity index (χ0v) is 11.5. The molecule has 0 aliphatic carbocycles. The van der Waals surface area contributed by atoms with Gasteiger partial charge in [-0.05, 0) is 32.4 Å². The molecule has 0 unspecified atom stereocenters. The van der Waals surface area contributed by atoms with Crippen LogP contribution in [0.3, 0.4) is 0 Å². The normalized spacial score (nSPS) is 10.9. The molecule has 0 radical (unpaired) electrons. The Labute approximate surface area is 108 Å². The molecule has 1 N–H and O–H groups in total. The highest BCUT2D eigenvalue weighted by atomic mass is 15.0. The lowest BCUT2D eigenvalue weighted by molar-refractivity contribution is 0.671. The minimum absolute atomic E-state index is 0.751. The first-order valence-electron chi connectivity index (χ1n) is 6.18. The second-order valence-electron chi connectivity index (χ2n) is 4.71. The van der Waals surface area contributed by atoms with Crippen LogP contribution >= 0.6 is 0 Å². The highest BCUT2D eigenvalue weighted by Gasteiger charge is 2.05. The monoisotopic (exact) mass is 244 g/mol. The van der Waals surface area contributed by atoms with E-state index < -0.39 is 0 Å². The van der Waals surface area contributed by atoms with Crippen molar-refractivity contribution in [3.63, 3.8) is 0 Å². The molecule has 0 aliphatic heterocycles. The molecule has 2 aromatic heterocycles. The van der Waals surface area contributed by atoms with Crippen LogP contribution in [0.5, 0.6) is 0 Å². The van der Waals surface area contributed by atoms with E-state index in [1.54, 1.807) is 6.20 Å². The molecule has 0 saturated heterocycles. The van der Waals surface area contributed by atoms with E-state index >= 15 is 0 Å². The maximum atomic E-state index is 4.32. The van der Waals surface area contributed by atoms with Gasteiger partial charge in [-0.25, -0.2) is 0 Å². The summed E-state index contributed by atoms with van der Waals surface area (Å²) in [6, 6.07) is 2.23. The van der Waals surface area contributed by atoms with Crippen molar-refractivity contribution >= 4 is 0 Å². The van der Waals surface area contributed by atoms with Gasteiger partial charge in [-0.1, -0.05) is 0 Å². The van der Waals surface area contributed by atoms with Crippen LogP contribution < -0.4 is 5.32 Å². The molecule has 4 heteroatoms. The second kappa shape index (κ2) is 5.31. The Morgan fingerprint density at radius 1 is 1.11 bits per heavy atom. The van der Waals surface area contributed by atoms with Crippen LogP contribution in [0, 0.1) is 20.8 Å². The lowest BCUT2D eigenvalue weighted by Gasteiger charge is -2.05. The summed E-state index contributed by atoms with van der Waals surface area (Å²) in [7, 11) is 2.10. The summed E-state index contributed by atoms with van der Waals surface area (Å²) in [5.74, 6) is 0. The number of nitrogens with zero attached hydrogens (tertiary/aromatic N) is 3. The molecule has 0 fully saturated rings. The smallest absolute Gasteiger partial charge is 0.0724 e. The van der Waals surface area contributed by atoms with Gasteiger partial charge in [-0.3, -0.25) is 9.97 Å². The van der Waals surface area contributed by atoms with Crippen LogP contribution in [-0.2, 0) is 20.1 Å². The van der Waals surface area contributed by atoms with Crippen LogP contribution in [0.2, 0.25) is 0 Å². The fraction of sp³-hybridized carbons (Fsp3) is 0.429. The van der Waals surface area contributed by atoms with Gasteiger partial charge in [0.2, 0.25) is 0 Å². The summed E-state index contributed by atoms with van der Waals surface area (Å²) in [6.07, 6.45) is 3.63. The number of rotatable bonds is 4. The summed E-state index contributed by atoms with van der Waals surface area (Å²) >= 11 is 0. The predicted molar refractivity (Wildman–Crippen MR) is 72.2 cm³/mol. The molecular weight excluding hydrogens is 224 g/mol. The third-order valence-electron chi connectivity index (χ3n) is 3.34. The van der Waals surface area contributed by atoms with E-state index in [0.717, 1.165) is 24.5 Å². The van der Waals surface area contributed by atoms with Gasteiger partial charge in [0.1, 0.15) is 0 Å². The number of aryl methyl sites for hydroxylation is 2. The maximum Gasteiger partial charge on any atom is 0.0724 e. The molecule has 2 aromatic rings. The molecule has 0 aliphatic rings. The molecule has 0 bridgehead atoms. The lowest BCUT2D eigenvalue weighted by Crippen LogP contribution is -2.14. The van der Waals surface area contributed by atoms with Gasteiger partial charge < -0.3 is 9.88 Å². The van der Waals surface area contributed by atoms with Crippen molar-refractivity contribution in [2.45, 2.75) is 33.9 Å². The van der Waals surface area contributed by atoms with E-state index in [4.69, 9.17) is 0 Å². The molecular formula is C14H20N4. The largest absolute Gasteiger partial charge is 0.352 e. The first-order chi connectivity index (χ1) is 8.58. The van der Waals surface area contributed by atoms with Crippen molar-refractivity contribution in [2.75, 3.05) is 0 Å². The van der Waals surface area contributed by atoms with Crippen LogP contribution in [0.1, 0.15) is 28.3 Å². The van der Waals surface area contributed by atoms with Crippen molar-refractivity contribution in [3.8, 4) is 0 Å². The highest BCUT2D eigenvalue weighted by Crippen LogP contribution is 2.12. The molecule has 0 amide bonds. The summed E-state index contributed by atoms with van der Waals surface area (Å²) in [4.78, 5) is 8.56. The summed E-state index contributed by atoms with van der Waals surface area (Å²) < 4.78 is 2.21. The van der Waals surface area contributed by atoms with Crippen LogP contribution in [0.15, 0.2) is 18.5 Å².